The topological polar surface area (TPSA) is 59.3 Å². The molecule has 1 N–H and O–H groups in total. The Morgan fingerprint density at radius 2 is 2.20 bits per heavy atom. The highest BCUT2D eigenvalue weighted by molar-refractivity contribution is 6.31. The fourth-order valence-electron chi connectivity index (χ4n) is 1.86. The van der Waals surface area contributed by atoms with E-state index in [1.165, 1.54) is 0 Å². The molecule has 100 valence electrons. The molecular weight excluding hydrogens is 276 g/mol. The molecule has 5 nitrogen and oxygen atoms in total. The van der Waals surface area contributed by atoms with E-state index in [2.05, 4.69) is 15.4 Å². The summed E-state index contributed by atoms with van der Waals surface area (Å²) in [5.41, 5.74) is 2.54. The van der Waals surface area contributed by atoms with Gasteiger partial charge in [0.1, 0.15) is 0 Å². The van der Waals surface area contributed by atoms with Crippen LogP contribution in [0.4, 0.5) is 5.69 Å². The summed E-state index contributed by atoms with van der Waals surface area (Å²) >= 11 is 5.93. The van der Waals surface area contributed by atoms with E-state index in [4.69, 9.17) is 11.6 Å². The predicted molar refractivity (Wildman–Crippen MR) is 77.1 cm³/mol. The first-order valence-electron chi connectivity index (χ1n) is 6.01. The van der Waals surface area contributed by atoms with Crippen LogP contribution in [0.1, 0.15) is 16.1 Å². The van der Waals surface area contributed by atoms with E-state index in [0.29, 0.717) is 22.1 Å². The number of benzene rings is 1. The number of hydrogen-bond acceptors (Lipinski definition) is 3. The average Bonchev–Trinajstić information content (AvgIpc) is 2.87. The Labute approximate surface area is 120 Å². The van der Waals surface area contributed by atoms with Crippen molar-refractivity contribution in [2.24, 2.45) is 0 Å². The molecule has 0 aliphatic carbocycles. The van der Waals surface area contributed by atoms with Crippen LogP contribution in [0.15, 0.2) is 42.7 Å². The van der Waals surface area contributed by atoms with Crippen molar-refractivity contribution in [1.82, 2.24) is 14.6 Å². The molecule has 1 aromatic carbocycles. The number of carbonyl (C=O) groups is 1. The molecule has 0 atom stereocenters. The summed E-state index contributed by atoms with van der Waals surface area (Å²) in [4.78, 5) is 16.3. The number of aromatic nitrogens is 3. The molecule has 0 spiro atoms. The highest BCUT2D eigenvalue weighted by Gasteiger charge is 2.12. The van der Waals surface area contributed by atoms with Crippen LogP contribution in [0, 0.1) is 6.92 Å². The van der Waals surface area contributed by atoms with Crippen LogP contribution in [-0.2, 0) is 0 Å². The van der Waals surface area contributed by atoms with Gasteiger partial charge in [-0.3, -0.25) is 4.79 Å². The molecule has 3 rings (SSSR count). The molecule has 3 aromatic rings. The zero-order valence-electron chi connectivity index (χ0n) is 10.7. The molecule has 0 saturated heterocycles. The number of rotatable bonds is 2. The molecular formula is C14H11ClN4O. The van der Waals surface area contributed by atoms with Crippen LogP contribution < -0.4 is 5.32 Å². The smallest absolute Gasteiger partial charge is 0.276 e. The Morgan fingerprint density at radius 1 is 1.35 bits per heavy atom. The molecule has 0 radical (unpaired) electrons. The Balaban J connectivity index is 1.90. The fraction of sp³-hybridized carbons (Fsp3) is 0.0714. The van der Waals surface area contributed by atoms with Crippen molar-refractivity contribution in [1.29, 1.82) is 0 Å². The molecule has 0 unspecified atom stereocenters. The van der Waals surface area contributed by atoms with Gasteiger partial charge in [-0.15, -0.1) is 0 Å². The van der Waals surface area contributed by atoms with E-state index in [0.717, 1.165) is 5.56 Å². The Kier molecular flexibility index (Phi) is 3.12. The maximum Gasteiger partial charge on any atom is 0.276 e. The molecule has 0 aliphatic rings. The van der Waals surface area contributed by atoms with Gasteiger partial charge in [-0.05, 0) is 30.7 Å². The Bertz CT molecular complexity index is 764. The lowest BCUT2D eigenvalue weighted by Gasteiger charge is -2.07. The van der Waals surface area contributed by atoms with Crippen LogP contribution in [-0.4, -0.2) is 20.5 Å². The van der Waals surface area contributed by atoms with Crippen LogP contribution in [0.5, 0.6) is 0 Å². The van der Waals surface area contributed by atoms with Crippen LogP contribution in [0.25, 0.3) is 5.65 Å². The monoisotopic (exact) mass is 286 g/mol. The standard InChI is InChI=1S/C14H11ClN4O/c1-9-3-4-10(15)7-11(9)17-14(20)12-8-13-16-5-2-6-19(13)18-12/h2-8H,1H3,(H,17,20). The molecule has 0 aliphatic heterocycles. The highest BCUT2D eigenvalue weighted by atomic mass is 35.5. The van der Waals surface area contributed by atoms with Crippen molar-refractivity contribution in [3.8, 4) is 0 Å². The SMILES string of the molecule is Cc1ccc(Cl)cc1NC(=O)c1cc2ncccn2n1. The number of fused-ring (bicyclic) bond motifs is 1. The summed E-state index contributed by atoms with van der Waals surface area (Å²) in [7, 11) is 0. The number of anilines is 1. The van der Waals surface area contributed by atoms with Crippen molar-refractivity contribution < 1.29 is 4.79 Å². The van der Waals surface area contributed by atoms with E-state index in [9.17, 15) is 4.79 Å². The third kappa shape index (κ3) is 2.35. The average molecular weight is 287 g/mol. The summed E-state index contributed by atoms with van der Waals surface area (Å²) in [5, 5.41) is 7.54. The minimum atomic E-state index is -0.291. The molecule has 0 fully saturated rings. The van der Waals surface area contributed by atoms with Gasteiger partial charge in [0.25, 0.3) is 5.91 Å². The van der Waals surface area contributed by atoms with Gasteiger partial charge in [-0.25, -0.2) is 9.50 Å². The third-order valence-electron chi connectivity index (χ3n) is 2.92. The normalized spacial score (nSPS) is 10.7. The van der Waals surface area contributed by atoms with Crippen molar-refractivity contribution in [3.63, 3.8) is 0 Å². The Hall–Kier alpha value is -2.40. The summed E-state index contributed by atoms with van der Waals surface area (Å²) in [6, 6.07) is 8.73. The first-order chi connectivity index (χ1) is 9.63. The van der Waals surface area contributed by atoms with Crippen molar-refractivity contribution in [3.05, 3.63) is 59.0 Å². The van der Waals surface area contributed by atoms with Gasteiger partial charge >= 0.3 is 0 Å². The Morgan fingerprint density at radius 3 is 3.00 bits per heavy atom. The van der Waals surface area contributed by atoms with Gasteiger partial charge in [0.05, 0.1) is 0 Å². The van der Waals surface area contributed by atoms with Gasteiger partial charge in [0.2, 0.25) is 0 Å². The number of halogens is 1. The minimum absolute atomic E-state index is 0.291. The first kappa shape index (κ1) is 12.6. The van der Waals surface area contributed by atoms with Crippen molar-refractivity contribution in [2.45, 2.75) is 6.92 Å². The second kappa shape index (κ2) is 4.94. The lowest BCUT2D eigenvalue weighted by molar-refractivity contribution is 0.102. The summed E-state index contributed by atoms with van der Waals surface area (Å²) in [5.74, 6) is -0.291. The molecule has 20 heavy (non-hydrogen) atoms. The highest BCUT2D eigenvalue weighted by Crippen LogP contribution is 2.20. The molecule has 0 bridgehead atoms. The number of aryl methyl sites for hydroxylation is 1. The molecule has 2 heterocycles. The van der Waals surface area contributed by atoms with Crippen LogP contribution in [0.3, 0.4) is 0 Å². The van der Waals surface area contributed by atoms with Crippen LogP contribution >= 0.6 is 11.6 Å². The molecule has 2 aromatic heterocycles. The maximum atomic E-state index is 12.2. The van der Waals surface area contributed by atoms with E-state index in [-0.39, 0.29) is 5.91 Å². The van der Waals surface area contributed by atoms with E-state index in [1.54, 1.807) is 41.2 Å². The van der Waals surface area contributed by atoms with Gasteiger partial charge in [-0.2, -0.15) is 5.10 Å². The zero-order valence-corrected chi connectivity index (χ0v) is 11.4. The third-order valence-corrected chi connectivity index (χ3v) is 3.15. The predicted octanol–water partition coefficient (Wildman–Crippen LogP) is 2.94. The number of carbonyl (C=O) groups excluding carboxylic acids is 1. The summed E-state index contributed by atoms with van der Waals surface area (Å²) in [6.07, 6.45) is 3.39. The van der Waals surface area contributed by atoms with E-state index in [1.807, 2.05) is 13.0 Å². The van der Waals surface area contributed by atoms with Crippen molar-refractivity contribution >= 4 is 28.8 Å². The van der Waals surface area contributed by atoms with E-state index >= 15 is 0 Å². The quantitative estimate of drug-likeness (QED) is 0.788. The lowest BCUT2D eigenvalue weighted by atomic mass is 10.2. The van der Waals surface area contributed by atoms with Gasteiger partial charge in [-0.1, -0.05) is 17.7 Å². The summed E-state index contributed by atoms with van der Waals surface area (Å²) < 4.78 is 1.56. The zero-order chi connectivity index (χ0) is 14.1. The van der Waals surface area contributed by atoms with Gasteiger partial charge < -0.3 is 5.32 Å². The van der Waals surface area contributed by atoms with Crippen molar-refractivity contribution in [2.75, 3.05) is 5.32 Å². The molecule has 6 heteroatoms. The second-order valence-corrected chi connectivity index (χ2v) is 4.80. The molecule has 1 amide bonds. The minimum Gasteiger partial charge on any atom is -0.320 e. The van der Waals surface area contributed by atoms with Crippen LogP contribution in [0.2, 0.25) is 5.02 Å². The number of hydrogen-bond donors (Lipinski definition) is 1. The fourth-order valence-corrected chi connectivity index (χ4v) is 2.03. The number of amides is 1. The second-order valence-electron chi connectivity index (χ2n) is 4.37. The van der Waals surface area contributed by atoms with Gasteiger partial charge in [0, 0.05) is 29.2 Å². The number of nitrogens with one attached hydrogen (secondary N) is 1. The first-order valence-corrected chi connectivity index (χ1v) is 6.39. The summed E-state index contributed by atoms with van der Waals surface area (Å²) in [6.45, 7) is 1.90. The number of nitrogens with zero attached hydrogens (tertiary/aromatic N) is 3. The lowest BCUT2D eigenvalue weighted by Crippen LogP contribution is -2.13. The maximum absolute atomic E-state index is 12.2. The van der Waals surface area contributed by atoms with Gasteiger partial charge in [0.15, 0.2) is 11.3 Å². The van der Waals surface area contributed by atoms with E-state index < -0.39 is 0 Å². The molecule has 0 saturated carbocycles. The largest absolute Gasteiger partial charge is 0.320 e.